The quantitative estimate of drug-likeness (QED) is 0.0974. The molecule has 0 radical (unpaired) electrons. The molecular formula is C49H63F7N4O3. The van der Waals surface area contributed by atoms with Crippen LogP contribution in [0.3, 0.4) is 0 Å². The number of alkyl halides is 6. The highest BCUT2D eigenvalue weighted by Crippen LogP contribution is 2.31. The van der Waals surface area contributed by atoms with Crippen molar-refractivity contribution in [1.29, 1.82) is 0 Å². The molecule has 7 nitrogen and oxygen atoms in total. The first-order valence-corrected chi connectivity index (χ1v) is 21.8. The van der Waals surface area contributed by atoms with Gasteiger partial charge in [0, 0.05) is 65.8 Å². The number of carbonyl (C=O) groups excluding carboxylic acids is 2. The fourth-order valence-corrected chi connectivity index (χ4v) is 7.61. The normalized spacial score (nSPS) is 15.1. The number of aryl methyl sites for hydroxylation is 2. The highest BCUT2D eigenvalue weighted by atomic mass is 19.4. The van der Waals surface area contributed by atoms with E-state index >= 15 is 0 Å². The molecule has 346 valence electrons. The summed E-state index contributed by atoms with van der Waals surface area (Å²) in [7, 11) is 0. The number of likely N-dealkylation sites (tertiary alicyclic amines) is 2. The van der Waals surface area contributed by atoms with Crippen molar-refractivity contribution in [3.8, 4) is 5.75 Å². The minimum absolute atomic E-state index is 0. The van der Waals surface area contributed by atoms with E-state index < -0.39 is 29.3 Å². The predicted molar refractivity (Wildman–Crippen MR) is 234 cm³/mol. The predicted octanol–water partition coefficient (Wildman–Crippen LogP) is 10.9. The summed E-state index contributed by atoms with van der Waals surface area (Å²) in [5.41, 5.74) is 2.47. The summed E-state index contributed by atoms with van der Waals surface area (Å²) in [6.45, 7) is 12.1. The Balaban J connectivity index is 0.000000335. The van der Waals surface area contributed by atoms with Crippen molar-refractivity contribution in [2.45, 2.75) is 110 Å². The molecule has 2 N–H and O–H groups in total. The number of hydrogen-bond acceptors (Lipinski definition) is 5. The molecule has 0 spiro atoms. The van der Waals surface area contributed by atoms with Crippen LogP contribution in [0.1, 0.15) is 95.2 Å². The van der Waals surface area contributed by atoms with Crippen molar-refractivity contribution in [2.75, 3.05) is 26.2 Å². The number of amides is 2. The molecule has 63 heavy (non-hydrogen) atoms. The van der Waals surface area contributed by atoms with Gasteiger partial charge >= 0.3 is 12.4 Å². The molecule has 2 heterocycles. The van der Waals surface area contributed by atoms with Crippen LogP contribution in [0.5, 0.6) is 5.75 Å². The second-order valence-corrected chi connectivity index (χ2v) is 16.6. The minimum Gasteiger partial charge on any atom is -0.489 e. The molecule has 14 heteroatoms. The Morgan fingerprint density at radius 3 is 1.57 bits per heavy atom. The molecule has 4 aromatic rings. The molecule has 2 saturated heterocycles. The lowest BCUT2D eigenvalue weighted by Gasteiger charge is -2.38. The van der Waals surface area contributed by atoms with Crippen molar-refractivity contribution in [1.82, 2.24) is 20.4 Å². The topological polar surface area (TPSA) is 73.9 Å². The summed E-state index contributed by atoms with van der Waals surface area (Å²) in [4.78, 5) is 28.8. The summed E-state index contributed by atoms with van der Waals surface area (Å²) >= 11 is 0. The highest BCUT2D eigenvalue weighted by molar-refractivity contribution is 5.80. The molecule has 0 saturated carbocycles. The second-order valence-electron chi connectivity index (χ2n) is 16.6. The van der Waals surface area contributed by atoms with E-state index in [-0.39, 0.29) is 50.9 Å². The Hall–Kier alpha value is -4.95. The van der Waals surface area contributed by atoms with E-state index in [0.717, 1.165) is 69.1 Å². The molecule has 0 unspecified atom stereocenters. The van der Waals surface area contributed by atoms with Crippen LogP contribution in [0.2, 0.25) is 0 Å². The number of benzene rings is 4. The summed E-state index contributed by atoms with van der Waals surface area (Å²) in [5.74, 6) is 0.0101. The maximum absolute atomic E-state index is 14.5. The molecule has 0 atom stereocenters. The third kappa shape index (κ3) is 14.8. The van der Waals surface area contributed by atoms with Crippen LogP contribution >= 0.6 is 0 Å². The SMILES string of the molecule is CCC(CC)NC(=O)C1CN(Cc2ccc(CCc3cccc(C(F)(F)F)c3)cc2)C1.CCC(CC)NC(=O)C1CN(Cc2ccc(OCc3cccc(C(F)(F)F)c3)cc2F)C1.[HH].[HH]. The Labute approximate surface area is 369 Å². The molecule has 0 aromatic heterocycles. The number of halogens is 7. The summed E-state index contributed by atoms with van der Waals surface area (Å²) in [5, 5.41) is 6.16. The van der Waals surface area contributed by atoms with Crippen molar-refractivity contribution >= 4 is 11.8 Å². The van der Waals surface area contributed by atoms with Crippen molar-refractivity contribution in [3.63, 3.8) is 0 Å². The van der Waals surface area contributed by atoms with E-state index in [0.29, 0.717) is 49.2 Å². The van der Waals surface area contributed by atoms with Gasteiger partial charge in [-0.2, -0.15) is 26.3 Å². The second kappa shape index (κ2) is 22.6. The largest absolute Gasteiger partial charge is 0.489 e. The van der Waals surface area contributed by atoms with Crippen molar-refractivity contribution in [3.05, 3.63) is 136 Å². The maximum Gasteiger partial charge on any atom is 0.416 e. The van der Waals surface area contributed by atoms with Gasteiger partial charge in [-0.1, -0.05) is 88.4 Å². The fourth-order valence-electron chi connectivity index (χ4n) is 7.61. The zero-order valence-corrected chi connectivity index (χ0v) is 36.4. The Kier molecular flexibility index (Phi) is 17.6. The zero-order valence-electron chi connectivity index (χ0n) is 36.4. The van der Waals surface area contributed by atoms with Crippen LogP contribution in [0.15, 0.2) is 91.0 Å². The standard InChI is InChI=1S/C25H31F3N2O.C24H28F4N2O2.2H2/c1-3-23(4-2)29-24(31)21-16-30(17-21)15-20-12-9-18(10-13-20)8-11-19-6-5-7-22(14-19)25(26,27)28;1-3-20(4-2)29-23(31)18-13-30(14-18)12-17-8-9-21(11-22(17)25)32-15-16-6-5-7-19(10-16)24(26,27)28;;/h5-7,9-10,12-14,21,23H,3-4,8,11,15-17H2,1-2H3,(H,29,31);5-11,18,20H,3-4,12-15H2,1-2H3,(H,29,31);2*1H. The van der Waals surface area contributed by atoms with E-state index in [1.807, 2.05) is 30.9 Å². The molecule has 6 rings (SSSR count). The molecule has 2 amide bonds. The maximum atomic E-state index is 14.5. The number of ether oxygens (including phenoxy) is 1. The number of rotatable bonds is 18. The summed E-state index contributed by atoms with van der Waals surface area (Å²) in [6, 6.07) is 23.5. The molecule has 4 aromatic carbocycles. The molecule has 2 aliphatic rings. The van der Waals surface area contributed by atoms with Crippen molar-refractivity contribution in [2.24, 2.45) is 11.8 Å². The highest BCUT2D eigenvalue weighted by Gasteiger charge is 2.35. The first-order chi connectivity index (χ1) is 30.0. The number of hydrogen-bond donors (Lipinski definition) is 2. The van der Waals surface area contributed by atoms with Crippen molar-refractivity contribution < 1.29 is 47.9 Å². The van der Waals surface area contributed by atoms with Crippen LogP contribution in [-0.2, 0) is 54.5 Å². The first kappa shape index (κ1) is 49.1. The van der Waals surface area contributed by atoms with E-state index in [1.54, 1.807) is 18.2 Å². The third-order valence-corrected chi connectivity index (χ3v) is 11.8. The van der Waals surface area contributed by atoms with Crippen LogP contribution in [-0.4, -0.2) is 59.9 Å². The first-order valence-electron chi connectivity index (χ1n) is 21.8. The van der Waals surface area contributed by atoms with E-state index in [4.69, 9.17) is 4.74 Å². The van der Waals surface area contributed by atoms with E-state index in [9.17, 15) is 40.3 Å². The smallest absolute Gasteiger partial charge is 0.416 e. The van der Waals surface area contributed by atoms with Gasteiger partial charge in [-0.3, -0.25) is 19.4 Å². The average Bonchev–Trinajstić information content (AvgIpc) is 3.23. The summed E-state index contributed by atoms with van der Waals surface area (Å²) in [6.07, 6.45) is -3.75. The Morgan fingerprint density at radius 2 is 1.08 bits per heavy atom. The lowest BCUT2D eigenvalue weighted by molar-refractivity contribution is -0.138. The van der Waals surface area contributed by atoms with Gasteiger partial charge in [0.25, 0.3) is 0 Å². The molecule has 2 aliphatic heterocycles. The van der Waals surface area contributed by atoms with Gasteiger partial charge in [-0.15, -0.1) is 0 Å². The molecule has 2 fully saturated rings. The van der Waals surface area contributed by atoms with Crippen LogP contribution in [0, 0.1) is 17.7 Å². The van der Waals surface area contributed by atoms with Gasteiger partial charge in [0.1, 0.15) is 18.2 Å². The lowest BCUT2D eigenvalue weighted by atomic mass is 9.97. The molecule has 0 bridgehead atoms. The van der Waals surface area contributed by atoms with Gasteiger partial charge < -0.3 is 15.4 Å². The Morgan fingerprint density at radius 1 is 0.619 bits per heavy atom. The molecule has 0 aliphatic carbocycles. The molecular weight excluding hydrogens is 826 g/mol. The van der Waals surface area contributed by atoms with Crippen LogP contribution < -0.4 is 15.4 Å². The van der Waals surface area contributed by atoms with E-state index in [2.05, 4.69) is 41.5 Å². The zero-order chi connectivity index (χ0) is 45.7. The monoisotopic (exact) mass is 888 g/mol. The van der Waals surface area contributed by atoms with Crippen LogP contribution in [0.4, 0.5) is 30.7 Å². The van der Waals surface area contributed by atoms with E-state index in [1.165, 1.54) is 35.9 Å². The van der Waals surface area contributed by atoms with Gasteiger partial charge in [0.2, 0.25) is 11.8 Å². The van der Waals surface area contributed by atoms with Crippen LogP contribution in [0.25, 0.3) is 0 Å². The number of nitrogens with one attached hydrogen (secondary N) is 2. The van der Waals surface area contributed by atoms with Gasteiger partial charge in [-0.05, 0) is 85.0 Å². The van der Waals surface area contributed by atoms with Gasteiger partial charge in [0.15, 0.2) is 0 Å². The third-order valence-electron chi connectivity index (χ3n) is 11.8. The minimum atomic E-state index is -4.42. The fraction of sp³-hybridized carbons (Fsp3) is 0.469. The Bertz CT molecular complexity index is 2090. The number of nitrogens with zero attached hydrogens (tertiary/aromatic N) is 2. The number of carbonyl (C=O) groups is 2. The summed E-state index contributed by atoms with van der Waals surface area (Å²) < 4.78 is 96.9. The van der Waals surface area contributed by atoms with Gasteiger partial charge in [-0.25, -0.2) is 4.39 Å². The average molecular weight is 889 g/mol. The lowest BCUT2D eigenvalue weighted by Crippen LogP contribution is -2.54. The van der Waals surface area contributed by atoms with Gasteiger partial charge in [0.05, 0.1) is 23.0 Å².